The standard InChI is InChI=1S/C29H41N3O5/c1-18(2)16-21(17-33)32-24(26(35)31-20-12-8-5-9-13-20)29-15-14-28(3,37-29)22(23(29)27(32)36)25(34)30-19-10-6-4-7-11-19/h4,6-7,10-11,18,20-24,33H,5,8-9,12-17H2,1-3H3,(H,30,34)(H,31,35)/t21-,22-,23+,24?,28+,29?/m1/s1. The fraction of sp³-hybridized carbons (Fsp3) is 0.690. The number of aliphatic hydroxyl groups is 1. The van der Waals surface area contributed by atoms with Crippen LogP contribution in [-0.4, -0.2) is 63.7 Å². The van der Waals surface area contributed by atoms with E-state index in [0.29, 0.717) is 24.9 Å². The molecule has 0 aromatic heterocycles. The highest BCUT2D eigenvalue weighted by atomic mass is 16.5. The molecule has 3 aliphatic heterocycles. The van der Waals surface area contributed by atoms with Crippen molar-refractivity contribution in [2.75, 3.05) is 11.9 Å². The van der Waals surface area contributed by atoms with Crippen molar-refractivity contribution in [1.29, 1.82) is 0 Å². The number of nitrogens with one attached hydrogen (secondary N) is 2. The fourth-order valence-corrected chi connectivity index (χ4v) is 7.55. The van der Waals surface area contributed by atoms with Gasteiger partial charge in [-0.05, 0) is 57.1 Å². The Morgan fingerprint density at radius 1 is 1.11 bits per heavy atom. The first-order valence-corrected chi connectivity index (χ1v) is 14.0. The molecule has 202 valence electrons. The molecule has 1 spiro atoms. The number of para-hydroxylation sites is 1. The van der Waals surface area contributed by atoms with E-state index in [1.54, 1.807) is 4.90 Å². The molecule has 3 N–H and O–H groups in total. The Morgan fingerprint density at radius 3 is 2.46 bits per heavy atom. The van der Waals surface area contributed by atoms with E-state index in [1.165, 1.54) is 6.42 Å². The first kappa shape index (κ1) is 26.2. The lowest BCUT2D eigenvalue weighted by Gasteiger charge is -2.38. The van der Waals surface area contributed by atoms with Crippen LogP contribution in [0.15, 0.2) is 30.3 Å². The van der Waals surface area contributed by atoms with Crippen LogP contribution in [0, 0.1) is 17.8 Å². The van der Waals surface area contributed by atoms with E-state index in [2.05, 4.69) is 10.6 Å². The lowest BCUT2D eigenvalue weighted by Crippen LogP contribution is -2.59. The van der Waals surface area contributed by atoms with Crippen LogP contribution in [-0.2, 0) is 19.1 Å². The van der Waals surface area contributed by atoms with Crippen LogP contribution in [0.5, 0.6) is 0 Å². The van der Waals surface area contributed by atoms with Gasteiger partial charge in [0.05, 0.1) is 30.1 Å². The summed E-state index contributed by atoms with van der Waals surface area (Å²) in [7, 11) is 0. The van der Waals surface area contributed by atoms with Gasteiger partial charge < -0.3 is 25.4 Å². The van der Waals surface area contributed by atoms with E-state index < -0.39 is 35.1 Å². The summed E-state index contributed by atoms with van der Waals surface area (Å²) in [6, 6.07) is 7.92. The maximum absolute atomic E-state index is 14.2. The summed E-state index contributed by atoms with van der Waals surface area (Å²) >= 11 is 0. The lowest BCUT2D eigenvalue weighted by atomic mass is 9.66. The second-order valence-corrected chi connectivity index (χ2v) is 12.1. The summed E-state index contributed by atoms with van der Waals surface area (Å²) in [5, 5.41) is 16.6. The SMILES string of the molecule is CC(C)C[C@H](CO)N1C(=O)[C@@H]2[C@H](C(=O)Nc3ccccc3)[C@]3(C)CCC2(O3)C1C(=O)NC1CCCCC1. The molecule has 8 nitrogen and oxygen atoms in total. The van der Waals surface area contributed by atoms with Crippen LogP contribution in [0.3, 0.4) is 0 Å². The number of benzene rings is 1. The number of likely N-dealkylation sites (tertiary alicyclic amines) is 1. The van der Waals surface area contributed by atoms with E-state index in [-0.39, 0.29) is 36.3 Å². The fourth-order valence-electron chi connectivity index (χ4n) is 7.55. The van der Waals surface area contributed by atoms with Crippen molar-refractivity contribution in [2.24, 2.45) is 17.8 Å². The number of amides is 3. The van der Waals surface area contributed by atoms with Gasteiger partial charge in [-0.1, -0.05) is 51.3 Å². The van der Waals surface area contributed by atoms with Gasteiger partial charge in [-0.2, -0.15) is 0 Å². The first-order chi connectivity index (χ1) is 17.7. The van der Waals surface area contributed by atoms with E-state index in [0.717, 1.165) is 25.7 Å². The largest absolute Gasteiger partial charge is 0.394 e. The van der Waals surface area contributed by atoms with Crippen molar-refractivity contribution in [1.82, 2.24) is 10.2 Å². The van der Waals surface area contributed by atoms with Gasteiger partial charge in [0.1, 0.15) is 11.6 Å². The lowest BCUT2D eigenvalue weighted by molar-refractivity contribution is -0.149. The van der Waals surface area contributed by atoms with Crippen molar-refractivity contribution >= 4 is 23.4 Å². The molecular formula is C29H41N3O5. The molecule has 2 unspecified atom stereocenters. The molecule has 2 bridgehead atoms. The van der Waals surface area contributed by atoms with Gasteiger partial charge >= 0.3 is 0 Å². The Kier molecular flexibility index (Phi) is 7.09. The van der Waals surface area contributed by atoms with Crippen LogP contribution in [0.4, 0.5) is 5.69 Å². The number of hydrogen-bond acceptors (Lipinski definition) is 5. The molecule has 3 saturated heterocycles. The zero-order valence-electron chi connectivity index (χ0n) is 22.2. The first-order valence-electron chi connectivity index (χ1n) is 14.0. The molecule has 37 heavy (non-hydrogen) atoms. The summed E-state index contributed by atoms with van der Waals surface area (Å²) in [6.45, 7) is 5.75. The minimum absolute atomic E-state index is 0.0812. The van der Waals surface area contributed by atoms with Gasteiger partial charge in [0.2, 0.25) is 17.7 Å². The molecule has 3 heterocycles. The number of hydrogen-bond donors (Lipinski definition) is 3. The molecule has 4 aliphatic rings. The molecule has 1 aromatic rings. The third kappa shape index (κ3) is 4.46. The second-order valence-electron chi connectivity index (χ2n) is 12.1. The minimum Gasteiger partial charge on any atom is -0.394 e. The smallest absolute Gasteiger partial charge is 0.246 e. The quantitative estimate of drug-likeness (QED) is 0.497. The van der Waals surface area contributed by atoms with Gasteiger partial charge in [-0.15, -0.1) is 0 Å². The second kappa shape index (κ2) is 10.0. The Labute approximate surface area is 219 Å². The average Bonchev–Trinajstić information content (AvgIpc) is 3.44. The minimum atomic E-state index is -1.08. The third-order valence-corrected chi connectivity index (χ3v) is 9.09. The summed E-state index contributed by atoms with van der Waals surface area (Å²) in [5.74, 6) is -1.98. The van der Waals surface area contributed by atoms with Crippen molar-refractivity contribution < 1.29 is 24.2 Å². The Morgan fingerprint density at radius 2 is 1.81 bits per heavy atom. The van der Waals surface area contributed by atoms with Crippen LogP contribution in [0.25, 0.3) is 0 Å². The topological polar surface area (TPSA) is 108 Å². The predicted molar refractivity (Wildman–Crippen MR) is 139 cm³/mol. The maximum atomic E-state index is 14.2. The summed E-state index contributed by atoms with van der Waals surface area (Å²) in [5.41, 5.74) is -1.25. The van der Waals surface area contributed by atoms with Crippen LogP contribution >= 0.6 is 0 Å². The summed E-state index contributed by atoms with van der Waals surface area (Å²) < 4.78 is 6.70. The maximum Gasteiger partial charge on any atom is 0.246 e. The van der Waals surface area contributed by atoms with Crippen molar-refractivity contribution in [3.05, 3.63) is 30.3 Å². The number of aliphatic hydroxyl groups excluding tert-OH is 1. The summed E-state index contributed by atoms with van der Waals surface area (Å²) in [4.78, 5) is 43.5. The number of nitrogens with zero attached hydrogens (tertiary/aromatic N) is 1. The molecule has 4 fully saturated rings. The number of anilines is 1. The van der Waals surface area contributed by atoms with E-state index in [1.807, 2.05) is 51.1 Å². The molecule has 1 aliphatic carbocycles. The van der Waals surface area contributed by atoms with Crippen LogP contribution in [0.1, 0.15) is 72.1 Å². The van der Waals surface area contributed by atoms with Gasteiger partial charge in [-0.25, -0.2) is 0 Å². The zero-order valence-corrected chi connectivity index (χ0v) is 22.2. The van der Waals surface area contributed by atoms with Gasteiger partial charge in [0.15, 0.2) is 0 Å². The molecule has 0 radical (unpaired) electrons. The average molecular weight is 512 g/mol. The Bertz CT molecular complexity index is 1030. The van der Waals surface area contributed by atoms with Crippen molar-refractivity contribution in [3.8, 4) is 0 Å². The Balaban J connectivity index is 1.51. The molecular weight excluding hydrogens is 470 g/mol. The van der Waals surface area contributed by atoms with Gasteiger partial charge in [-0.3, -0.25) is 14.4 Å². The normalized spacial score (nSPS) is 34.0. The summed E-state index contributed by atoms with van der Waals surface area (Å²) in [6.07, 6.45) is 6.89. The third-order valence-electron chi connectivity index (χ3n) is 9.09. The highest BCUT2D eigenvalue weighted by Gasteiger charge is 2.78. The van der Waals surface area contributed by atoms with Crippen molar-refractivity contribution in [2.45, 2.75) is 101 Å². The molecule has 8 heteroatoms. The van der Waals surface area contributed by atoms with Gasteiger partial charge in [0.25, 0.3) is 0 Å². The highest BCUT2D eigenvalue weighted by molar-refractivity contribution is 6.02. The van der Waals surface area contributed by atoms with Gasteiger partial charge in [0, 0.05) is 11.7 Å². The van der Waals surface area contributed by atoms with Crippen LogP contribution in [0.2, 0.25) is 0 Å². The molecule has 5 rings (SSSR count). The van der Waals surface area contributed by atoms with Crippen LogP contribution < -0.4 is 10.6 Å². The monoisotopic (exact) mass is 511 g/mol. The number of ether oxygens (including phenoxy) is 1. The number of carbonyl (C=O) groups is 3. The number of rotatable bonds is 8. The van der Waals surface area contributed by atoms with E-state index in [9.17, 15) is 19.5 Å². The Hall–Kier alpha value is -2.45. The molecule has 3 amide bonds. The predicted octanol–water partition coefficient (Wildman–Crippen LogP) is 3.25. The molecule has 6 atom stereocenters. The number of carbonyl (C=O) groups excluding carboxylic acids is 3. The van der Waals surface area contributed by atoms with E-state index >= 15 is 0 Å². The number of fused-ring (bicyclic) bond motifs is 1. The molecule has 1 aromatic carbocycles. The van der Waals surface area contributed by atoms with E-state index in [4.69, 9.17) is 4.74 Å². The van der Waals surface area contributed by atoms with Crippen molar-refractivity contribution in [3.63, 3.8) is 0 Å². The highest BCUT2D eigenvalue weighted by Crippen LogP contribution is 2.63. The molecule has 1 saturated carbocycles. The zero-order chi connectivity index (χ0) is 26.4.